The maximum absolute atomic E-state index is 12.9. The summed E-state index contributed by atoms with van der Waals surface area (Å²) in [6.07, 6.45) is 3.66. The molecule has 1 saturated carbocycles. The van der Waals surface area contributed by atoms with Crippen LogP contribution in [0.4, 0.5) is 4.39 Å². The molecule has 17 heavy (non-hydrogen) atoms. The second-order valence-electron chi connectivity index (χ2n) is 4.91. The van der Waals surface area contributed by atoms with E-state index in [4.69, 9.17) is 0 Å². The highest BCUT2D eigenvalue weighted by atomic mass is 19.1. The number of carbonyl (C=O) groups excluding carboxylic acids is 1. The van der Waals surface area contributed by atoms with Gasteiger partial charge in [0.05, 0.1) is 0 Å². The molecule has 0 saturated heterocycles. The Hall–Kier alpha value is -1.38. The number of halogens is 1. The molecular weight excluding hydrogens is 217 g/mol. The first kappa shape index (κ1) is 12.1. The average molecular weight is 235 g/mol. The molecule has 0 radical (unpaired) electrons. The SMILES string of the molecule is Cc1cc(F)ccc1C(=O)NC(C)C1CCC1. The van der Waals surface area contributed by atoms with Crippen LogP contribution in [0.15, 0.2) is 18.2 Å². The van der Waals surface area contributed by atoms with Crippen molar-refractivity contribution in [2.24, 2.45) is 5.92 Å². The third kappa shape index (κ3) is 2.65. The molecule has 92 valence electrons. The van der Waals surface area contributed by atoms with Gasteiger partial charge in [0.25, 0.3) is 5.91 Å². The lowest BCUT2D eigenvalue weighted by Crippen LogP contribution is -2.40. The molecule has 1 fully saturated rings. The van der Waals surface area contributed by atoms with Gasteiger partial charge in [0.15, 0.2) is 0 Å². The van der Waals surface area contributed by atoms with Gasteiger partial charge in [-0.05, 0) is 56.4 Å². The van der Waals surface area contributed by atoms with Crippen molar-refractivity contribution in [3.63, 3.8) is 0 Å². The summed E-state index contributed by atoms with van der Waals surface area (Å²) in [5.74, 6) is 0.215. The monoisotopic (exact) mass is 235 g/mol. The molecule has 3 heteroatoms. The number of hydrogen-bond donors (Lipinski definition) is 1. The Labute approximate surface area is 101 Å². The van der Waals surface area contributed by atoms with Gasteiger partial charge in [-0.1, -0.05) is 6.42 Å². The zero-order valence-corrected chi connectivity index (χ0v) is 10.3. The fourth-order valence-corrected chi connectivity index (χ4v) is 2.22. The highest BCUT2D eigenvalue weighted by Gasteiger charge is 2.25. The smallest absolute Gasteiger partial charge is 0.251 e. The van der Waals surface area contributed by atoms with Gasteiger partial charge in [0.1, 0.15) is 5.82 Å². The van der Waals surface area contributed by atoms with E-state index in [-0.39, 0.29) is 17.8 Å². The van der Waals surface area contributed by atoms with Gasteiger partial charge in [-0.15, -0.1) is 0 Å². The zero-order valence-electron chi connectivity index (χ0n) is 10.3. The Kier molecular flexibility index (Phi) is 3.46. The fraction of sp³-hybridized carbons (Fsp3) is 0.500. The first-order valence-electron chi connectivity index (χ1n) is 6.15. The Morgan fingerprint density at radius 2 is 2.18 bits per heavy atom. The normalized spacial score (nSPS) is 17.4. The Morgan fingerprint density at radius 3 is 2.71 bits per heavy atom. The zero-order chi connectivity index (χ0) is 12.4. The van der Waals surface area contributed by atoms with Crippen LogP contribution in [0.5, 0.6) is 0 Å². The van der Waals surface area contributed by atoms with Crippen molar-refractivity contribution >= 4 is 5.91 Å². The summed E-state index contributed by atoms with van der Waals surface area (Å²) in [6, 6.07) is 4.48. The van der Waals surface area contributed by atoms with Crippen LogP contribution in [0.3, 0.4) is 0 Å². The first-order chi connectivity index (χ1) is 8.08. The summed E-state index contributed by atoms with van der Waals surface area (Å²) < 4.78 is 12.9. The quantitative estimate of drug-likeness (QED) is 0.857. The number of rotatable bonds is 3. The maximum Gasteiger partial charge on any atom is 0.251 e. The van der Waals surface area contributed by atoms with Gasteiger partial charge < -0.3 is 5.32 Å². The highest BCUT2D eigenvalue weighted by Crippen LogP contribution is 2.29. The minimum Gasteiger partial charge on any atom is -0.349 e. The summed E-state index contributed by atoms with van der Waals surface area (Å²) in [4.78, 5) is 12.0. The van der Waals surface area contributed by atoms with Crippen LogP contribution in [0.25, 0.3) is 0 Å². The molecule has 2 nitrogen and oxygen atoms in total. The van der Waals surface area contributed by atoms with Gasteiger partial charge in [0.2, 0.25) is 0 Å². The van der Waals surface area contributed by atoms with E-state index in [9.17, 15) is 9.18 Å². The highest BCUT2D eigenvalue weighted by molar-refractivity contribution is 5.95. The molecule has 0 spiro atoms. The molecule has 0 bridgehead atoms. The van der Waals surface area contributed by atoms with Crippen molar-refractivity contribution in [2.75, 3.05) is 0 Å². The largest absolute Gasteiger partial charge is 0.349 e. The van der Waals surface area contributed by atoms with Crippen molar-refractivity contribution in [2.45, 2.75) is 39.2 Å². The summed E-state index contributed by atoms with van der Waals surface area (Å²) in [7, 11) is 0. The summed E-state index contributed by atoms with van der Waals surface area (Å²) in [5.41, 5.74) is 1.25. The van der Waals surface area contributed by atoms with Crippen LogP contribution >= 0.6 is 0 Å². The summed E-state index contributed by atoms with van der Waals surface area (Å²) in [5, 5.41) is 3.00. The number of amides is 1. The van der Waals surface area contributed by atoms with Crippen molar-refractivity contribution in [1.29, 1.82) is 0 Å². The molecule has 1 aromatic rings. The minimum absolute atomic E-state index is 0.0955. The maximum atomic E-state index is 12.9. The molecule has 1 unspecified atom stereocenters. The van der Waals surface area contributed by atoms with Crippen LogP contribution in [-0.4, -0.2) is 11.9 Å². The third-order valence-corrected chi connectivity index (χ3v) is 3.65. The minimum atomic E-state index is -0.300. The van der Waals surface area contributed by atoms with Crippen molar-refractivity contribution < 1.29 is 9.18 Å². The van der Waals surface area contributed by atoms with E-state index in [1.54, 1.807) is 13.0 Å². The summed E-state index contributed by atoms with van der Waals surface area (Å²) in [6.45, 7) is 3.80. The summed E-state index contributed by atoms with van der Waals surface area (Å²) >= 11 is 0. The second-order valence-corrected chi connectivity index (χ2v) is 4.91. The van der Waals surface area contributed by atoms with E-state index in [0.29, 0.717) is 17.0 Å². The van der Waals surface area contributed by atoms with Gasteiger partial charge in [0, 0.05) is 11.6 Å². The van der Waals surface area contributed by atoms with Gasteiger partial charge in [-0.25, -0.2) is 4.39 Å². The molecule has 1 aliphatic rings. The topological polar surface area (TPSA) is 29.1 Å². The molecular formula is C14H18FNO. The van der Waals surface area contributed by atoms with E-state index < -0.39 is 0 Å². The average Bonchev–Trinajstić information content (AvgIpc) is 2.13. The fourth-order valence-electron chi connectivity index (χ4n) is 2.22. The van der Waals surface area contributed by atoms with E-state index >= 15 is 0 Å². The van der Waals surface area contributed by atoms with Crippen LogP contribution in [0.1, 0.15) is 42.1 Å². The lowest BCUT2D eigenvalue weighted by Gasteiger charge is -2.32. The lowest BCUT2D eigenvalue weighted by atomic mass is 9.80. The Bertz CT molecular complexity index is 426. The Balaban J connectivity index is 2.03. The standard InChI is InChI=1S/C14H18FNO/c1-9-8-12(15)6-7-13(9)14(17)16-10(2)11-4-3-5-11/h6-8,10-11H,3-5H2,1-2H3,(H,16,17). The van der Waals surface area contributed by atoms with Crippen molar-refractivity contribution in [1.82, 2.24) is 5.32 Å². The number of benzene rings is 1. The van der Waals surface area contributed by atoms with Gasteiger partial charge >= 0.3 is 0 Å². The number of hydrogen-bond acceptors (Lipinski definition) is 1. The van der Waals surface area contributed by atoms with E-state index in [2.05, 4.69) is 5.32 Å². The lowest BCUT2D eigenvalue weighted by molar-refractivity contribution is 0.0908. The predicted molar refractivity (Wildman–Crippen MR) is 65.4 cm³/mol. The molecule has 1 atom stereocenters. The molecule has 1 amide bonds. The molecule has 1 aliphatic carbocycles. The molecule has 0 aromatic heterocycles. The molecule has 1 aromatic carbocycles. The third-order valence-electron chi connectivity index (χ3n) is 3.65. The van der Waals surface area contributed by atoms with Crippen molar-refractivity contribution in [3.8, 4) is 0 Å². The Morgan fingerprint density at radius 1 is 1.47 bits per heavy atom. The van der Waals surface area contributed by atoms with Crippen LogP contribution in [0, 0.1) is 18.7 Å². The molecule has 1 N–H and O–H groups in total. The van der Waals surface area contributed by atoms with E-state index in [1.807, 2.05) is 6.92 Å². The van der Waals surface area contributed by atoms with E-state index in [0.717, 1.165) is 0 Å². The van der Waals surface area contributed by atoms with Crippen LogP contribution < -0.4 is 5.32 Å². The first-order valence-corrected chi connectivity index (χ1v) is 6.15. The number of aryl methyl sites for hydroxylation is 1. The predicted octanol–water partition coefficient (Wildman–Crippen LogP) is 3.05. The molecule has 0 heterocycles. The second kappa shape index (κ2) is 4.86. The molecule has 2 rings (SSSR count). The van der Waals surface area contributed by atoms with Crippen molar-refractivity contribution in [3.05, 3.63) is 35.1 Å². The molecule has 0 aliphatic heterocycles. The van der Waals surface area contributed by atoms with Crippen LogP contribution in [0.2, 0.25) is 0 Å². The van der Waals surface area contributed by atoms with Crippen LogP contribution in [-0.2, 0) is 0 Å². The van der Waals surface area contributed by atoms with Gasteiger partial charge in [-0.3, -0.25) is 4.79 Å². The number of carbonyl (C=O) groups is 1. The van der Waals surface area contributed by atoms with Gasteiger partial charge in [-0.2, -0.15) is 0 Å². The number of nitrogens with one attached hydrogen (secondary N) is 1. The van der Waals surface area contributed by atoms with E-state index in [1.165, 1.54) is 31.4 Å².